The van der Waals surface area contributed by atoms with Gasteiger partial charge in [0.2, 0.25) is 0 Å². The second kappa shape index (κ2) is 333. The third kappa shape index (κ3) is 291. The summed E-state index contributed by atoms with van der Waals surface area (Å²) in [5.74, 6) is 0. The average Bonchev–Trinajstić information content (AvgIpc) is 2.71. The van der Waals surface area contributed by atoms with Crippen LogP contribution in [0.4, 0.5) is 0 Å². The summed E-state index contributed by atoms with van der Waals surface area (Å²) in [6.45, 7) is 35.0. The van der Waals surface area contributed by atoms with E-state index in [-0.39, 0.29) is 51.4 Å². The van der Waals surface area contributed by atoms with E-state index in [1.54, 1.807) is 0 Å². The van der Waals surface area contributed by atoms with E-state index in [4.69, 9.17) is 52.6 Å². The van der Waals surface area contributed by atoms with Crippen LogP contribution in [0.15, 0.2) is 0 Å². The number of nitriles is 10. The van der Waals surface area contributed by atoms with Gasteiger partial charge in [0, 0.05) is 65.7 Å². The van der Waals surface area contributed by atoms with E-state index in [1.807, 2.05) is 0 Å². The molecule has 0 atom stereocenters. The van der Waals surface area contributed by atoms with Gasteiger partial charge in [0.25, 0.3) is 0 Å². The van der Waals surface area contributed by atoms with Gasteiger partial charge in [-0.3, -0.25) is 0 Å². The van der Waals surface area contributed by atoms with Gasteiger partial charge in [-0.2, -0.15) is 0 Å². The van der Waals surface area contributed by atoms with E-state index in [0.29, 0.717) is 0 Å². The zero-order valence-corrected chi connectivity index (χ0v) is 10.2. The second-order valence-electron chi connectivity index (χ2n) is 0. The molecular formula is C10H11KN10. The van der Waals surface area contributed by atoms with E-state index in [2.05, 4.69) is 65.7 Å². The molecular weight excluding hydrogens is 299 g/mol. The molecule has 0 aromatic carbocycles. The summed E-state index contributed by atoms with van der Waals surface area (Å²) >= 11 is 0. The fourth-order valence-electron chi connectivity index (χ4n) is 0. The topological polar surface area (TPSA) is 238 Å². The van der Waals surface area contributed by atoms with Crippen LogP contribution in [0, 0.1) is 118 Å². The average molecular weight is 310 g/mol. The summed E-state index contributed by atoms with van der Waals surface area (Å²) in [4.78, 5) is 0. The van der Waals surface area contributed by atoms with Gasteiger partial charge in [-0.25, -0.2) is 52.6 Å². The molecule has 0 rings (SSSR count). The number of hydrogen-bond acceptors (Lipinski definition) is 10. The molecule has 0 aromatic heterocycles. The molecule has 0 aromatic rings. The fourth-order valence-corrected chi connectivity index (χ4v) is 0. The molecule has 0 aliphatic heterocycles. The first-order valence-electron chi connectivity index (χ1n) is 2.58. The molecule has 0 aliphatic carbocycles. The van der Waals surface area contributed by atoms with E-state index >= 15 is 0 Å². The Hall–Kier alpha value is -3.46. The normalized spacial score (nSPS) is 0.952. The van der Waals surface area contributed by atoms with E-state index in [0.717, 1.165) is 0 Å². The Labute approximate surface area is 168 Å². The molecule has 0 saturated carbocycles. The Morgan fingerprint density at radius 2 is 0.190 bits per heavy atom. The van der Waals surface area contributed by atoms with Crippen molar-refractivity contribution in [3.05, 3.63) is 0 Å². The molecule has 0 bridgehead atoms. The van der Waals surface area contributed by atoms with Gasteiger partial charge in [0.1, 0.15) is 0 Å². The molecule has 11 heteroatoms. The minimum atomic E-state index is 0. The molecule has 0 N–H and O–H groups in total. The summed E-state index contributed by atoms with van der Waals surface area (Å²) in [5, 5.41) is 65.0. The number of hydrogen-bond donors (Lipinski definition) is 0. The molecule has 0 aliphatic rings. The third-order valence-corrected chi connectivity index (χ3v) is 0. The first-order valence-corrected chi connectivity index (χ1v) is 2.58. The van der Waals surface area contributed by atoms with Crippen molar-refractivity contribution in [1.29, 1.82) is 52.6 Å². The van der Waals surface area contributed by atoms with E-state index < -0.39 is 0 Å². The molecule has 0 amide bonds. The molecule has 21 heavy (non-hydrogen) atoms. The minimum absolute atomic E-state index is 0. The maximum atomic E-state index is 6.50. The van der Waals surface area contributed by atoms with Gasteiger partial charge in [-0.1, -0.05) is 0 Å². The van der Waals surface area contributed by atoms with Gasteiger partial charge in [0.15, 0.2) is 0 Å². The summed E-state index contributed by atoms with van der Waals surface area (Å²) < 4.78 is 0. The van der Waals surface area contributed by atoms with Gasteiger partial charge >= 0.3 is 51.4 Å². The van der Waals surface area contributed by atoms with Crippen molar-refractivity contribution in [1.82, 2.24) is 0 Å². The van der Waals surface area contributed by atoms with Gasteiger partial charge in [-0.15, -0.1) is 0 Å². The molecule has 0 fully saturated rings. The molecule has 10 nitrogen and oxygen atoms in total. The first kappa shape index (κ1) is 112. The Morgan fingerprint density at radius 3 is 0.190 bits per heavy atom. The fraction of sp³-hybridized carbons (Fsp3) is 0. The van der Waals surface area contributed by atoms with Crippen molar-refractivity contribution in [3.63, 3.8) is 0 Å². The Morgan fingerprint density at radius 1 is 0.190 bits per heavy atom. The van der Waals surface area contributed by atoms with Crippen LogP contribution in [-0.4, -0.2) is 51.4 Å². The van der Waals surface area contributed by atoms with Crippen LogP contribution in [0.2, 0.25) is 0 Å². The SMILES string of the molecule is C#N.C#N.C#N.C#N.C#N.C#N.C#N.C#N.C#N.C#N.[KH]. The zero-order chi connectivity index (χ0) is 20.0. The van der Waals surface area contributed by atoms with Crippen LogP contribution in [-0.2, 0) is 0 Å². The van der Waals surface area contributed by atoms with Crippen LogP contribution in [0.3, 0.4) is 0 Å². The zero-order valence-electron chi connectivity index (χ0n) is 10.2. The van der Waals surface area contributed by atoms with Crippen LogP contribution < -0.4 is 0 Å². The quantitative estimate of drug-likeness (QED) is 0.568. The molecule has 0 spiro atoms. The van der Waals surface area contributed by atoms with Crippen LogP contribution in [0.1, 0.15) is 0 Å². The van der Waals surface area contributed by atoms with Gasteiger partial charge < -0.3 is 0 Å². The molecule has 102 valence electrons. The molecule has 0 heterocycles. The van der Waals surface area contributed by atoms with E-state index in [9.17, 15) is 0 Å². The summed E-state index contributed by atoms with van der Waals surface area (Å²) in [5.41, 5.74) is 0. The van der Waals surface area contributed by atoms with Crippen molar-refractivity contribution < 1.29 is 0 Å². The number of nitrogens with zero attached hydrogens (tertiary/aromatic N) is 10. The van der Waals surface area contributed by atoms with Crippen LogP contribution >= 0.6 is 0 Å². The molecule has 0 saturated heterocycles. The van der Waals surface area contributed by atoms with Crippen LogP contribution in [0.5, 0.6) is 0 Å². The van der Waals surface area contributed by atoms with Crippen molar-refractivity contribution >= 4 is 51.4 Å². The van der Waals surface area contributed by atoms with Crippen molar-refractivity contribution in [2.45, 2.75) is 0 Å². The number of rotatable bonds is 0. The Balaban J connectivity index is -0.00000000585. The third-order valence-electron chi connectivity index (χ3n) is 0. The van der Waals surface area contributed by atoms with Crippen molar-refractivity contribution in [2.24, 2.45) is 0 Å². The van der Waals surface area contributed by atoms with Gasteiger partial charge in [-0.05, 0) is 0 Å². The maximum absolute atomic E-state index is 6.50. The second-order valence-corrected chi connectivity index (χ2v) is 0. The monoisotopic (exact) mass is 310 g/mol. The Bertz CT molecular complexity index is 173. The Kier molecular flexibility index (Phi) is 1780. The predicted molar refractivity (Wildman–Crippen MR) is 73.8 cm³/mol. The summed E-state index contributed by atoms with van der Waals surface area (Å²) in [6.07, 6.45) is 0. The van der Waals surface area contributed by atoms with Crippen LogP contribution in [0.25, 0.3) is 0 Å². The summed E-state index contributed by atoms with van der Waals surface area (Å²) in [6, 6.07) is 0. The molecule has 0 radical (unpaired) electrons. The van der Waals surface area contributed by atoms with E-state index in [1.165, 1.54) is 0 Å². The predicted octanol–water partition coefficient (Wildman–Crippen LogP) is 0.749. The first-order chi connectivity index (χ1) is 10.0. The van der Waals surface area contributed by atoms with Crippen molar-refractivity contribution in [3.8, 4) is 65.7 Å². The van der Waals surface area contributed by atoms with Gasteiger partial charge in [0.05, 0.1) is 0 Å². The van der Waals surface area contributed by atoms with Crippen molar-refractivity contribution in [2.75, 3.05) is 0 Å². The standard InChI is InChI=1S/10CHN.K.H/c10*1-2;;/h10*1H;;. The summed E-state index contributed by atoms with van der Waals surface area (Å²) in [7, 11) is 0. The molecule has 0 unspecified atom stereocenters.